The van der Waals surface area contributed by atoms with Crippen LogP contribution in [-0.4, -0.2) is 32.5 Å². The van der Waals surface area contributed by atoms with Crippen LogP contribution >= 0.6 is 19.2 Å². The van der Waals surface area contributed by atoms with Crippen LogP contribution in [0.25, 0.3) is 11.3 Å². The Bertz CT molecular complexity index is 2550. The van der Waals surface area contributed by atoms with Gasteiger partial charge in [0.1, 0.15) is 35.6 Å². The van der Waals surface area contributed by atoms with Crippen LogP contribution in [0.4, 0.5) is 8.78 Å². The third-order valence-corrected chi connectivity index (χ3v) is 11.8. The average Bonchev–Trinajstić information content (AvgIpc) is 3.99. The highest BCUT2D eigenvalue weighted by Crippen LogP contribution is 2.51. The smallest absolute Gasteiger partial charge is 0.435 e. The first-order valence-electron chi connectivity index (χ1n) is 18.4. The minimum Gasteiger partial charge on any atom is -0.435 e. The van der Waals surface area contributed by atoms with Gasteiger partial charge in [-0.05, 0) is 53.6 Å². The van der Waals surface area contributed by atoms with Crippen LogP contribution < -0.4 is 4.52 Å². The largest absolute Gasteiger partial charge is 0.530 e. The lowest BCUT2D eigenvalue weighted by Crippen LogP contribution is -2.42. The molecule has 16 heteroatoms. The number of hydrogen-bond donors (Lipinski definition) is 0. The SMILES string of the molecule is C[C@@H](c1nc(-c2ccc(C#N)cc2)cs1)[C@@](Cn1cncn1)(OCOC(=O)c1ccc(OP(=O)(OCc2ccccc2)OCc2ccccc2)cc1)c1ccc(F)cc1F. The second kappa shape index (κ2) is 19.1. The number of phosphoric acid groups is 1. The molecule has 2 heterocycles. The number of carbonyl (C=O) groups excluding carboxylic acids is 1. The fourth-order valence-corrected chi connectivity index (χ4v) is 8.36. The summed E-state index contributed by atoms with van der Waals surface area (Å²) in [5.41, 5.74) is 1.75. The summed E-state index contributed by atoms with van der Waals surface area (Å²) in [6.45, 7) is 0.878. The first kappa shape index (κ1) is 41.7. The molecule has 0 N–H and O–H groups in total. The van der Waals surface area contributed by atoms with Crippen LogP contribution in [0.2, 0.25) is 0 Å². The van der Waals surface area contributed by atoms with Gasteiger partial charge >= 0.3 is 13.8 Å². The molecule has 5 aromatic carbocycles. The topological polar surface area (TPSA) is 148 Å². The molecule has 0 saturated carbocycles. The van der Waals surface area contributed by atoms with Gasteiger partial charge in [-0.3, -0.25) is 9.05 Å². The van der Waals surface area contributed by atoms with Crippen LogP contribution in [0.3, 0.4) is 0 Å². The van der Waals surface area contributed by atoms with E-state index in [1.165, 1.54) is 59.0 Å². The standard InChI is InChI=1S/C44H36F2N5O7PS/c1-31(42-50-41(26-60-42)35-14-12-32(23-47)13-15-35)44(27-51-29-48-28-49-51,39-21-18-37(45)22-40(39)46)55-30-54-43(52)36-16-19-38(20-17-36)58-59(53,56-24-33-8-4-2-5-9-33)57-25-34-10-6-3-7-11-34/h2-22,26,28-29,31H,24-25,27,30H2,1H3/t31-,44+/m0/s1. The molecule has 7 aromatic rings. The summed E-state index contributed by atoms with van der Waals surface area (Å²) >= 11 is 1.30. The minimum atomic E-state index is -4.18. The Kier molecular flexibility index (Phi) is 13.3. The van der Waals surface area contributed by atoms with E-state index in [4.69, 9.17) is 28.0 Å². The molecule has 0 bridgehead atoms. The van der Waals surface area contributed by atoms with E-state index in [1.54, 1.807) is 31.2 Å². The fraction of sp³-hybridized carbons (Fsp3) is 0.159. The molecule has 2 aromatic heterocycles. The van der Waals surface area contributed by atoms with Crippen LogP contribution in [0.5, 0.6) is 5.75 Å². The number of rotatable bonds is 18. The van der Waals surface area contributed by atoms with Crippen molar-refractivity contribution in [1.29, 1.82) is 5.26 Å². The number of nitriles is 1. The zero-order chi connectivity index (χ0) is 42.0. The molecule has 12 nitrogen and oxygen atoms in total. The lowest BCUT2D eigenvalue weighted by molar-refractivity contribution is -0.148. The first-order valence-corrected chi connectivity index (χ1v) is 20.8. The van der Waals surface area contributed by atoms with Crippen molar-refractivity contribution in [3.05, 3.63) is 190 Å². The normalized spacial score (nSPS) is 12.9. The van der Waals surface area contributed by atoms with Gasteiger partial charge < -0.3 is 14.0 Å². The van der Waals surface area contributed by atoms with Gasteiger partial charge in [0.15, 0.2) is 6.79 Å². The molecule has 0 amide bonds. The molecular formula is C44H36F2N5O7PS. The maximum absolute atomic E-state index is 15.9. The second-order valence-electron chi connectivity index (χ2n) is 13.4. The van der Waals surface area contributed by atoms with Crippen molar-refractivity contribution in [3.8, 4) is 23.1 Å². The summed E-state index contributed by atoms with van der Waals surface area (Å²) in [6.07, 6.45) is 2.73. The van der Waals surface area contributed by atoms with Gasteiger partial charge in [-0.1, -0.05) is 85.8 Å². The highest BCUT2D eigenvalue weighted by atomic mass is 32.1. The molecule has 60 heavy (non-hydrogen) atoms. The number of thiazole rings is 1. The summed E-state index contributed by atoms with van der Waals surface area (Å²) in [6, 6.07) is 36.1. The number of halogens is 2. The Morgan fingerprint density at radius 1 is 0.900 bits per heavy atom. The van der Waals surface area contributed by atoms with Crippen molar-refractivity contribution in [2.45, 2.75) is 38.2 Å². The van der Waals surface area contributed by atoms with Crippen molar-refractivity contribution < 1.29 is 41.2 Å². The number of phosphoric ester groups is 1. The molecule has 2 atom stereocenters. The van der Waals surface area contributed by atoms with Crippen LogP contribution in [-0.2, 0) is 48.4 Å². The molecule has 0 aliphatic rings. The van der Waals surface area contributed by atoms with Gasteiger partial charge in [-0.25, -0.2) is 32.8 Å². The minimum absolute atomic E-state index is 0.0343. The van der Waals surface area contributed by atoms with E-state index in [2.05, 4.69) is 16.2 Å². The Morgan fingerprint density at radius 2 is 1.57 bits per heavy atom. The maximum atomic E-state index is 15.9. The molecule has 0 aliphatic carbocycles. The van der Waals surface area contributed by atoms with Gasteiger partial charge in [-0.15, -0.1) is 11.3 Å². The summed E-state index contributed by atoms with van der Waals surface area (Å²) in [4.78, 5) is 22.3. The van der Waals surface area contributed by atoms with Crippen LogP contribution in [0.1, 0.15) is 50.5 Å². The summed E-state index contributed by atoms with van der Waals surface area (Å²) in [7, 11) is -4.18. The molecule has 304 valence electrons. The number of aromatic nitrogens is 4. The first-order chi connectivity index (χ1) is 29.1. The predicted molar refractivity (Wildman–Crippen MR) is 217 cm³/mol. The number of carbonyl (C=O) groups is 1. The number of benzene rings is 5. The van der Waals surface area contributed by atoms with E-state index in [0.717, 1.165) is 28.8 Å². The van der Waals surface area contributed by atoms with Gasteiger partial charge in [0.05, 0.1) is 47.7 Å². The van der Waals surface area contributed by atoms with E-state index in [0.29, 0.717) is 16.3 Å². The van der Waals surface area contributed by atoms with E-state index in [9.17, 15) is 19.0 Å². The third-order valence-electron chi connectivity index (χ3n) is 9.43. The quantitative estimate of drug-likeness (QED) is 0.0462. The van der Waals surface area contributed by atoms with Gasteiger partial charge in [-0.2, -0.15) is 10.4 Å². The highest BCUT2D eigenvalue weighted by Gasteiger charge is 2.45. The number of nitrogens with zero attached hydrogens (tertiary/aromatic N) is 5. The van der Waals surface area contributed by atoms with E-state index < -0.39 is 43.7 Å². The highest BCUT2D eigenvalue weighted by molar-refractivity contribution is 7.48. The molecule has 0 radical (unpaired) electrons. The van der Waals surface area contributed by atoms with Gasteiger partial charge in [0.25, 0.3) is 0 Å². The fourth-order valence-electron chi connectivity index (χ4n) is 6.22. The number of hydrogen-bond acceptors (Lipinski definition) is 12. The zero-order valence-electron chi connectivity index (χ0n) is 32.0. The van der Waals surface area contributed by atoms with Crippen molar-refractivity contribution in [3.63, 3.8) is 0 Å². The Hall–Kier alpha value is -6.40. The van der Waals surface area contributed by atoms with Crippen molar-refractivity contribution >= 4 is 25.1 Å². The third kappa shape index (κ3) is 10.2. The molecule has 0 fully saturated rings. The molecule has 0 unspecified atom stereocenters. The number of esters is 1. The van der Waals surface area contributed by atoms with Crippen LogP contribution in [0.15, 0.2) is 145 Å². The van der Waals surface area contributed by atoms with E-state index in [-0.39, 0.29) is 36.6 Å². The van der Waals surface area contributed by atoms with Crippen molar-refractivity contribution in [2.24, 2.45) is 0 Å². The predicted octanol–water partition coefficient (Wildman–Crippen LogP) is 10.0. The molecule has 0 spiro atoms. The maximum Gasteiger partial charge on any atom is 0.530 e. The summed E-state index contributed by atoms with van der Waals surface area (Å²) in [5, 5.41) is 15.8. The van der Waals surface area contributed by atoms with E-state index in [1.807, 2.05) is 66.0 Å². The average molecular weight is 848 g/mol. The number of ether oxygens (including phenoxy) is 2. The van der Waals surface area contributed by atoms with E-state index >= 15 is 4.39 Å². The molecular weight excluding hydrogens is 812 g/mol. The lowest BCUT2D eigenvalue weighted by Gasteiger charge is -2.38. The molecule has 0 saturated heterocycles. The Labute approximate surface area is 348 Å². The zero-order valence-corrected chi connectivity index (χ0v) is 33.7. The second-order valence-corrected chi connectivity index (χ2v) is 15.8. The van der Waals surface area contributed by atoms with Crippen LogP contribution in [0, 0.1) is 23.0 Å². The molecule has 0 aliphatic heterocycles. The monoisotopic (exact) mass is 847 g/mol. The summed E-state index contributed by atoms with van der Waals surface area (Å²) < 4.78 is 74.7. The van der Waals surface area contributed by atoms with Crippen molar-refractivity contribution in [2.75, 3.05) is 6.79 Å². The Morgan fingerprint density at radius 3 is 2.17 bits per heavy atom. The van der Waals surface area contributed by atoms with Crippen molar-refractivity contribution in [1.82, 2.24) is 19.7 Å². The van der Waals surface area contributed by atoms with Gasteiger partial charge in [0.2, 0.25) is 0 Å². The molecule has 7 rings (SSSR count). The lowest BCUT2D eigenvalue weighted by atomic mass is 9.81. The van der Waals surface area contributed by atoms with Gasteiger partial charge in [0, 0.05) is 28.5 Å². The summed E-state index contributed by atoms with van der Waals surface area (Å²) in [5.74, 6) is -3.13. The Balaban J connectivity index is 1.10.